The van der Waals surface area contributed by atoms with Gasteiger partial charge in [0.25, 0.3) is 0 Å². The third-order valence-electron chi connectivity index (χ3n) is 3.22. The predicted octanol–water partition coefficient (Wildman–Crippen LogP) is 2.81. The first-order valence-electron chi connectivity index (χ1n) is 6.38. The second kappa shape index (κ2) is 6.19. The summed E-state index contributed by atoms with van der Waals surface area (Å²) in [6.45, 7) is 1.94. The number of carboxylic acid groups (broad SMARTS) is 1. The molecule has 0 aliphatic heterocycles. The second-order valence-corrected chi connectivity index (χ2v) is 4.70. The first-order chi connectivity index (χ1) is 9.61. The Hall–Kier alpha value is -2.36. The molecular formula is C16H17NO3. The molecule has 104 valence electrons. The first kappa shape index (κ1) is 14.1. The van der Waals surface area contributed by atoms with Crippen molar-refractivity contribution >= 4 is 5.97 Å². The number of carboxylic acids is 1. The van der Waals surface area contributed by atoms with Gasteiger partial charge in [-0.15, -0.1) is 0 Å². The molecule has 0 saturated heterocycles. The summed E-state index contributed by atoms with van der Waals surface area (Å²) in [4.78, 5) is 15.6. The van der Waals surface area contributed by atoms with Gasteiger partial charge in [0.2, 0.25) is 0 Å². The lowest BCUT2D eigenvalue weighted by Crippen LogP contribution is -2.15. The smallest absolute Gasteiger partial charge is 0.311 e. The fraction of sp³-hybridized carbons (Fsp3) is 0.250. The van der Waals surface area contributed by atoms with Crippen molar-refractivity contribution in [3.05, 3.63) is 59.4 Å². The van der Waals surface area contributed by atoms with E-state index in [0.29, 0.717) is 17.7 Å². The molecule has 2 rings (SSSR count). The Morgan fingerprint density at radius 1 is 1.40 bits per heavy atom. The van der Waals surface area contributed by atoms with Crippen LogP contribution in [0.25, 0.3) is 0 Å². The van der Waals surface area contributed by atoms with Gasteiger partial charge in [-0.1, -0.05) is 23.8 Å². The van der Waals surface area contributed by atoms with Gasteiger partial charge in [0.05, 0.1) is 13.0 Å². The Morgan fingerprint density at radius 2 is 2.20 bits per heavy atom. The van der Waals surface area contributed by atoms with E-state index in [-0.39, 0.29) is 0 Å². The van der Waals surface area contributed by atoms with Crippen LogP contribution in [0.1, 0.15) is 22.6 Å². The number of aryl methyl sites for hydroxylation is 1. The van der Waals surface area contributed by atoms with E-state index in [9.17, 15) is 9.90 Å². The van der Waals surface area contributed by atoms with E-state index >= 15 is 0 Å². The van der Waals surface area contributed by atoms with Crippen LogP contribution < -0.4 is 4.74 Å². The maximum Gasteiger partial charge on any atom is 0.311 e. The Balaban J connectivity index is 2.38. The SMILES string of the molecule is COc1ccc(C)cc1C(Cc1cccnc1)C(=O)O. The number of methoxy groups -OCH3 is 1. The van der Waals surface area contributed by atoms with Crippen molar-refractivity contribution in [3.8, 4) is 5.75 Å². The van der Waals surface area contributed by atoms with Crippen LogP contribution in [-0.4, -0.2) is 23.2 Å². The minimum absolute atomic E-state index is 0.392. The third kappa shape index (κ3) is 3.15. The molecule has 2 aromatic rings. The normalized spacial score (nSPS) is 11.9. The van der Waals surface area contributed by atoms with Crippen LogP contribution in [0, 0.1) is 6.92 Å². The van der Waals surface area contributed by atoms with Crippen LogP contribution in [0.3, 0.4) is 0 Å². The van der Waals surface area contributed by atoms with Crippen LogP contribution in [0.2, 0.25) is 0 Å². The maximum absolute atomic E-state index is 11.6. The average molecular weight is 271 g/mol. The molecule has 0 aliphatic rings. The highest BCUT2D eigenvalue weighted by Gasteiger charge is 2.24. The average Bonchev–Trinajstić information content (AvgIpc) is 2.45. The highest BCUT2D eigenvalue weighted by Crippen LogP contribution is 2.30. The summed E-state index contributed by atoms with van der Waals surface area (Å²) in [5.74, 6) is -0.904. The van der Waals surface area contributed by atoms with Crippen molar-refractivity contribution in [1.82, 2.24) is 4.98 Å². The van der Waals surface area contributed by atoms with Crippen molar-refractivity contribution in [2.75, 3.05) is 7.11 Å². The number of benzene rings is 1. The monoisotopic (exact) mass is 271 g/mol. The fourth-order valence-corrected chi connectivity index (χ4v) is 2.21. The number of aliphatic carboxylic acids is 1. The number of carbonyl (C=O) groups is 1. The largest absolute Gasteiger partial charge is 0.496 e. The zero-order chi connectivity index (χ0) is 14.5. The van der Waals surface area contributed by atoms with E-state index < -0.39 is 11.9 Å². The van der Waals surface area contributed by atoms with E-state index in [0.717, 1.165) is 11.1 Å². The van der Waals surface area contributed by atoms with Crippen molar-refractivity contribution in [2.45, 2.75) is 19.3 Å². The first-order valence-corrected chi connectivity index (χ1v) is 6.38. The Kier molecular flexibility index (Phi) is 4.35. The Morgan fingerprint density at radius 3 is 2.80 bits per heavy atom. The summed E-state index contributed by atoms with van der Waals surface area (Å²) < 4.78 is 5.29. The van der Waals surface area contributed by atoms with Crippen molar-refractivity contribution in [3.63, 3.8) is 0 Å². The number of nitrogens with zero attached hydrogens (tertiary/aromatic N) is 1. The number of aromatic nitrogens is 1. The summed E-state index contributed by atoms with van der Waals surface area (Å²) >= 11 is 0. The van der Waals surface area contributed by atoms with Crippen LogP contribution in [0.4, 0.5) is 0 Å². The van der Waals surface area contributed by atoms with E-state index in [1.165, 1.54) is 0 Å². The number of hydrogen-bond donors (Lipinski definition) is 1. The van der Waals surface area contributed by atoms with Crippen molar-refractivity contribution < 1.29 is 14.6 Å². The van der Waals surface area contributed by atoms with Gasteiger partial charge < -0.3 is 9.84 Å². The van der Waals surface area contributed by atoms with Gasteiger partial charge in [-0.2, -0.15) is 0 Å². The molecule has 20 heavy (non-hydrogen) atoms. The van der Waals surface area contributed by atoms with Crippen molar-refractivity contribution in [2.24, 2.45) is 0 Å². The van der Waals surface area contributed by atoms with E-state index in [2.05, 4.69) is 4.98 Å². The molecule has 1 N–H and O–H groups in total. The van der Waals surface area contributed by atoms with Gasteiger partial charge >= 0.3 is 5.97 Å². The second-order valence-electron chi connectivity index (χ2n) is 4.70. The summed E-state index contributed by atoms with van der Waals surface area (Å²) in [5, 5.41) is 9.52. The van der Waals surface area contributed by atoms with Gasteiger partial charge in [-0.3, -0.25) is 9.78 Å². The highest BCUT2D eigenvalue weighted by atomic mass is 16.5. The van der Waals surface area contributed by atoms with Gasteiger partial charge in [0.15, 0.2) is 0 Å². The number of pyridine rings is 1. The third-order valence-corrected chi connectivity index (χ3v) is 3.22. The highest BCUT2D eigenvalue weighted by molar-refractivity contribution is 5.77. The molecule has 1 unspecified atom stereocenters. The fourth-order valence-electron chi connectivity index (χ4n) is 2.21. The topological polar surface area (TPSA) is 59.4 Å². The van der Waals surface area contributed by atoms with E-state index in [1.54, 1.807) is 19.5 Å². The zero-order valence-corrected chi connectivity index (χ0v) is 11.5. The Labute approximate surface area is 118 Å². The minimum Gasteiger partial charge on any atom is -0.496 e. The number of hydrogen-bond acceptors (Lipinski definition) is 3. The number of ether oxygens (including phenoxy) is 1. The molecular weight excluding hydrogens is 254 g/mol. The quantitative estimate of drug-likeness (QED) is 0.908. The molecule has 1 atom stereocenters. The number of rotatable bonds is 5. The predicted molar refractivity (Wildman–Crippen MR) is 76.0 cm³/mol. The molecule has 0 amide bonds. The molecule has 0 spiro atoms. The lowest BCUT2D eigenvalue weighted by Gasteiger charge is -2.17. The summed E-state index contributed by atoms with van der Waals surface area (Å²) in [6.07, 6.45) is 3.76. The van der Waals surface area contributed by atoms with Crippen LogP contribution in [0.5, 0.6) is 5.75 Å². The van der Waals surface area contributed by atoms with E-state index in [4.69, 9.17) is 4.74 Å². The lowest BCUT2D eigenvalue weighted by atomic mass is 9.91. The molecule has 1 heterocycles. The molecule has 1 aromatic heterocycles. The minimum atomic E-state index is -0.863. The zero-order valence-electron chi connectivity index (χ0n) is 11.5. The molecule has 0 aliphatic carbocycles. The van der Waals surface area contributed by atoms with Crippen LogP contribution in [0.15, 0.2) is 42.7 Å². The van der Waals surface area contributed by atoms with Crippen molar-refractivity contribution in [1.29, 1.82) is 0 Å². The maximum atomic E-state index is 11.6. The van der Waals surface area contributed by atoms with Gasteiger partial charge in [0, 0.05) is 18.0 Å². The summed E-state index contributed by atoms with van der Waals surface area (Å²) in [7, 11) is 1.55. The van der Waals surface area contributed by atoms with Crippen LogP contribution >= 0.6 is 0 Å². The van der Waals surface area contributed by atoms with Gasteiger partial charge in [-0.05, 0) is 31.0 Å². The molecule has 4 heteroatoms. The molecule has 0 bridgehead atoms. The van der Waals surface area contributed by atoms with Crippen LogP contribution in [-0.2, 0) is 11.2 Å². The summed E-state index contributed by atoms with van der Waals surface area (Å²) in [6, 6.07) is 9.27. The molecule has 0 fully saturated rings. The van der Waals surface area contributed by atoms with Gasteiger partial charge in [0.1, 0.15) is 5.75 Å². The van der Waals surface area contributed by atoms with Gasteiger partial charge in [-0.25, -0.2) is 0 Å². The lowest BCUT2D eigenvalue weighted by molar-refractivity contribution is -0.138. The molecule has 1 aromatic carbocycles. The molecule has 0 saturated carbocycles. The van der Waals surface area contributed by atoms with E-state index in [1.807, 2.05) is 37.3 Å². The molecule has 4 nitrogen and oxygen atoms in total. The summed E-state index contributed by atoms with van der Waals surface area (Å²) in [5.41, 5.74) is 2.60. The standard InChI is InChI=1S/C16H17NO3/c1-11-5-6-15(20-2)13(8-11)14(16(18)19)9-12-4-3-7-17-10-12/h3-8,10,14H,9H2,1-2H3,(H,18,19). The molecule has 0 radical (unpaired) electrons. The Bertz CT molecular complexity index is 596.